The van der Waals surface area contributed by atoms with E-state index in [1.165, 1.54) is 18.2 Å². The largest absolute Gasteiger partial charge is 0.462 e. The molecule has 21 heavy (non-hydrogen) atoms. The maximum absolute atomic E-state index is 12.5. The predicted octanol–water partition coefficient (Wildman–Crippen LogP) is 2.65. The molecule has 2 rings (SSSR count). The van der Waals surface area contributed by atoms with Crippen LogP contribution in [-0.4, -0.2) is 22.4 Å². The first kappa shape index (κ1) is 14.9. The number of rotatable bonds is 3. The Morgan fingerprint density at radius 2 is 2.14 bits per heavy atom. The number of nitrogens with two attached hydrogens (primary N) is 1. The standard InChI is InChI=1S/C13H12F3N3O2/c1-2-21-12(20)10-5-9(3-4-11(10)17)19-7-8(6-18-19)13(14,15)16/h3-7H,2,17H2,1H3. The van der Waals surface area contributed by atoms with Crippen LogP contribution in [0.25, 0.3) is 5.69 Å². The number of aromatic nitrogens is 2. The zero-order valence-corrected chi connectivity index (χ0v) is 11.0. The zero-order valence-electron chi connectivity index (χ0n) is 11.0. The third kappa shape index (κ3) is 3.15. The second-order valence-corrected chi connectivity index (χ2v) is 4.16. The van der Waals surface area contributed by atoms with Crippen LogP contribution in [0.1, 0.15) is 22.8 Å². The van der Waals surface area contributed by atoms with E-state index < -0.39 is 17.7 Å². The fourth-order valence-electron chi connectivity index (χ4n) is 1.68. The number of hydrogen-bond donors (Lipinski definition) is 1. The number of halogens is 3. The number of anilines is 1. The van der Waals surface area contributed by atoms with Gasteiger partial charge >= 0.3 is 12.1 Å². The van der Waals surface area contributed by atoms with Crippen LogP contribution in [0.3, 0.4) is 0 Å². The number of ether oxygens (including phenoxy) is 1. The van der Waals surface area contributed by atoms with Crippen LogP contribution in [0.5, 0.6) is 0 Å². The molecule has 5 nitrogen and oxygen atoms in total. The Hall–Kier alpha value is -2.51. The molecule has 0 unspecified atom stereocenters. The van der Waals surface area contributed by atoms with E-state index >= 15 is 0 Å². The van der Waals surface area contributed by atoms with Gasteiger partial charge in [-0.05, 0) is 25.1 Å². The number of carbonyl (C=O) groups is 1. The first-order chi connectivity index (χ1) is 9.82. The molecule has 1 aromatic carbocycles. The normalized spacial score (nSPS) is 11.4. The third-order valence-corrected chi connectivity index (χ3v) is 2.71. The zero-order chi connectivity index (χ0) is 15.6. The van der Waals surface area contributed by atoms with Crippen molar-refractivity contribution < 1.29 is 22.7 Å². The highest BCUT2D eigenvalue weighted by Crippen LogP contribution is 2.29. The van der Waals surface area contributed by atoms with Gasteiger partial charge in [0, 0.05) is 11.9 Å². The van der Waals surface area contributed by atoms with E-state index in [9.17, 15) is 18.0 Å². The van der Waals surface area contributed by atoms with Gasteiger partial charge in [-0.25, -0.2) is 9.48 Å². The summed E-state index contributed by atoms with van der Waals surface area (Å²) in [7, 11) is 0. The minimum Gasteiger partial charge on any atom is -0.462 e. The Kier molecular flexibility index (Phi) is 3.88. The number of hydrogen-bond acceptors (Lipinski definition) is 4. The predicted molar refractivity (Wildman–Crippen MR) is 68.9 cm³/mol. The maximum Gasteiger partial charge on any atom is 0.419 e. The Balaban J connectivity index is 2.39. The van der Waals surface area contributed by atoms with Crippen molar-refractivity contribution in [2.45, 2.75) is 13.1 Å². The van der Waals surface area contributed by atoms with Crippen LogP contribution in [0, 0.1) is 0 Å². The minimum atomic E-state index is -4.48. The maximum atomic E-state index is 12.5. The lowest BCUT2D eigenvalue weighted by Gasteiger charge is -2.08. The molecule has 0 atom stereocenters. The van der Waals surface area contributed by atoms with Gasteiger partial charge in [0.05, 0.1) is 29.6 Å². The molecule has 0 saturated heterocycles. The van der Waals surface area contributed by atoms with E-state index in [0.717, 1.165) is 10.9 Å². The lowest BCUT2D eigenvalue weighted by atomic mass is 10.1. The highest BCUT2D eigenvalue weighted by atomic mass is 19.4. The van der Waals surface area contributed by atoms with Gasteiger partial charge in [-0.15, -0.1) is 0 Å². The quantitative estimate of drug-likeness (QED) is 0.698. The molecule has 0 aliphatic heterocycles. The Labute approximate surface area is 118 Å². The van der Waals surface area contributed by atoms with Crippen molar-refractivity contribution in [2.75, 3.05) is 12.3 Å². The number of benzene rings is 1. The number of carbonyl (C=O) groups excluding carboxylic acids is 1. The summed E-state index contributed by atoms with van der Waals surface area (Å²) in [4.78, 5) is 11.7. The van der Waals surface area contributed by atoms with Crippen molar-refractivity contribution in [1.82, 2.24) is 9.78 Å². The second-order valence-electron chi connectivity index (χ2n) is 4.16. The minimum absolute atomic E-state index is 0.0819. The Morgan fingerprint density at radius 3 is 2.71 bits per heavy atom. The SMILES string of the molecule is CCOC(=O)c1cc(-n2cc(C(F)(F)F)cn2)ccc1N. The van der Waals surface area contributed by atoms with Crippen molar-refractivity contribution in [3.8, 4) is 5.69 Å². The Bertz CT molecular complexity index is 665. The molecule has 0 saturated carbocycles. The first-order valence-corrected chi connectivity index (χ1v) is 6.02. The average Bonchev–Trinajstić information content (AvgIpc) is 2.89. The first-order valence-electron chi connectivity index (χ1n) is 6.02. The summed E-state index contributed by atoms with van der Waals surface area (Å²) >= 11 is 0. The number of alkyl halides is 3. The van der Waals surface area contributed by atoms with Crippen LogP contribution in [0.2, 0.25) is 0 Å². The molecule has 2 N–H and O–H groups in total. The molecule has 112 valence electrons. The smallest absolute Gasteiger partial charge is 0.419 e. The molecule has 1 heterocycles. The van der Waals surface area contributed by atoms with Crippen molar-refractivity contribution in [3.05, 3.63) is 41.7 Å². The van der Waals surface area contributed by atoms with Gasteiger partial charge in [0.2, 0.25) is 0 Å². The average molecular weight is 299 g/mol. The van der Waals surface area contributed by atoms with E-state index in [-0.39, 0.29) is 23.5 Å². The summed E-state index contributed by atoms with van der Waals surface area (Å²) in [6.45, 7) is 1.81. The van der Waals surface area contributed by atoms with Gasteiger partial charge in [0.15, 0.2) is 0 Å². The van der Waals surface area contributed by atoms with Crippen LogP contribution in [0.4, 0.5) is 18.9 Å². The van der Waals surface area contributed by atoms with E-state index in [2.05, 4.69) is 5.10 Å². The van der Waals surface area contributed by atoms with Gasteiger partial charge < -0.3 is 10.5 Å². The monoisotopic (exact) mass is 299 g/mol. The summed E-state index contributed by atoms with van der Waals surface area (Å²) in [6.07, 6.45) is -2.93. The highest BCUT2D eigenvalue weighted by molar-refractivity contribution is 5.95. The third-order valence-electron chi connectivity index (χ3n) is 2.71. The molecular weight excluding hydrogens is 287 g/mol. The second kappa shape index (κ2) is 5.47. The molecule has 8 heteroatoms. The summed E-state index contributed by atoms with van der Waals surface area (Å²) in [5, 5.41) is 3.63. The molecule has 0 fully saturated rings. The van der Waals surface area contributed by atoms with Gasteiger partial charge in [-0.1, -0.05) is 0 Å². The van der Waals surface area contributed by atoms with Crippen molar-refractivity contribution >= 4 is 11.7 Å². The van der Waals surface area contributed by atoms with E-state index in [1.807, 2.05) is 0 Å². The molecule has 0 aliphatic carbocycles. The lowest BCUT2D eigenvalue weighted by Crippen LogP contribution is -2.09. The van der Waals surface area contributed by atoms with Crippen LogP contribution < -0.4 is 5.73 Å². The van der Waals surface area contributed by atoms with Gasteiger partial charge in [0.1, 0.15) is 0 Å². The van der Waals surface area contributed by atoms with Crippen molar-refractivity contribution in [1.29, 1.82) is 0 Å². The van der Waals surface area contributed by atoms with Gasteiger partial charge in [-0.2, -0.15) is 18.3 Å². The molecule has 1 aromatic heterocycles. The molecule has 0 spiro atoms. The highest BCUT2D eigenvalue weighted by Gasteiger charge is 2.32. The summed E-state index contributed by atoms with van der Waals surface area (Å²) in [5.41, 5.74) is 5.33. The van der Waals surface area contributed by atoms with Crippen LogP contribution in [0.15, 0.2) is 30.6 Å². The van der Waals surface area contributed by atoms with Crippen molar-refractivity contribution in [3.63, 3.8) is 0 Å². The molecular formula is C13H12F3N3O2. The molecule has 2 aromatic rings. The van der Waals surface area contributed by atoms with Crippen LogP contribution in [-0.2, 0) is 10.9 Å². The van der Waals surface area contributed by atoms with Crippen molar-refractivity contribution in [2.24, 2.45) is 0 Å². The Morgan fingerprint density at radius 1 is 1.43 bits per heavy atom. The summed E-state index contributed by atoms with van der Waals surface area (Å²) in [6, 6.07) is 4.21. The van der Waals surface area contributed by atoms with Crippen LogP contribution >= 0.6 is 0 Å². The fraction of sp³-hybridized carbons (Fsp3) is 0.231. The summed E-state index contributed by atoms with van der Waals surface area (Å²) < 4.78 is 43.5. The van der Waals surface area contributed by atoms with Gasteiger partial charge in [0.25, 0.3) is 0 Å². The lowest BCUT2D eigenvalue weighted by molar-refractivity contribution is -0.137. The fourth-order valence-corrected chi connectivity index (χ4v) is 1.68. The molecule has 0 amide bonds. The van der Waals surface area contributed by atoms with E-state index in [1.54, 1.807) is 6.92 Å². The van der Waals surface area contributed by atoms with E-state index in [4.69, 9.17) is 10.5 Å². The summed E-state index contributed by atoms with van der Waals surface area (Å²) in [5.74, 6) is -0.639. The van der Waals surface area contributed by atoms with Gasteiger partial charge in [-0.3, -0.25) is 0 Å². The molecule has 0 aliphatic rings. The number of nitrogen functional groups attached to an aromatic ring is 1. The van der Waals surface area contributed by atoms with E-state index in [0.29, 0.717) is 6.20 Å². The number of nitrogens with zero attached hydrogens (tertiary/aromatic N) is 2. The molecule has 0 bridgehead atoms. The molecule has 0 radical (unpaired) electrons. The topological polar surface area (TPSA) is 70.1 Å². The number of esters is 1.